The summed E-state index contributed by atoms with van der Waals surface area (Å²) < 4.78 is 32.0. The van der Waals surface area contributed by atoms with E-state index in [0.717, 1.165) is 12.8 Å². The van der Waals surface area contributed by atoms with Gasteiger partial charge in [-0.15, -0.1) is 0 Å². The number of allylic oxidation sites excluding steroid dienone is 1. The number of carbonyl (C=O) groups excluding carboxylic acids is 2. The SMILES string of the molecule is CCOC(=O)CNC(=O)c1ccc(NS(=O)(=O)C2C=CCCC2)c(Cl)c1. The summed E-state index contributed by atoms with van der Waals surface area (Å²) in [5, 5.41) is 1.91. The van der Waals surface area contributed by atoms with Crippen LogP contribution in [0.25, 0.3) is 0 Å². The van der Waals surface area contributed by atoms with Crippen LogP contribution in [0.15, 0.2) is 30.4 Å². The molecule has 0 aromatic heterocycles. The van der Waals surface area contributed by atoms with Crippen molar-refractivity contribution in [3.63, 3.8) is 0 Å². The molecule has 0 saturated heterocycles. The summed E-state index contributed by atoms with van der Waals surface area (Å²) in [7, 11) is -3.60. The second-order valence-electron chi connectivity index (χ2n) is 5.73. The maximum atomic E-state index is 12.4. The molecule has 1 amide bonds. The minimum Gasteiger partial charge on any atom is -0.465 e. The Balaban J connectivity index is 2.04. The predicted octanol–water partition coefficient (Wildman–Crippen LogP) is 2.48. The fraction of sp³-hybridized carbons (Fsp3) is 0.412. The highest BCUT2D eigenvalue weighted by Gasteiger charge is 2.25. The average Bonchev–Trinajstić information content (AvgIpc) is 2.62. The molecule has 0 spiro atoms. The third-order valence-corrected chi connectivity index (χ3v) is 5.80. The Morgan fingerprint density at radius 2 is 2.12 bits per heavy atom. The zero-order chi connectivity index (χ0) is 19.2. The Hall–Kier alpha value is -2.06. The number of anilines is 1. The summed E-state index contributed by atoms with van der Waals surface area (Å²) in [5.41, 5.74) is 0.410. The molecule has 2 rings (SSSR count). The number of hydrogen-bond donors (Lipinski definition) is 2. The van der Waals surface area contributed by atoms with Crippen LogP contribution in [0.1, 0.15) is 36.5 Å². The largest absolute Gasteiger partial charge is 0.465 e. The van der Waals surface area contributed by atoms with Crippen molar-refractivity contribution in [2.75, 3.05) is 17.9 Å². The van der Waals surface area contributed by atoms with Crippen LogP contribution in [0.3, 0.4) is 0 Å². The second-order valence-corrected chi connectivity index (χ2v) is 8.03. The molecular formula is C17H21ClN2O5S. The molecule has 0 radical (unpaired) electrons. The van der Waals surface area contributed by atoms with E-state index in [-0.39, 0.29) is 29.4 Å². The van der Waals surface area contributed by atoms with Gasteiger partial charge in [0, 0.05) is 5.56 Å². The molecule has 142 valence electrons. The summed E-state index contributed by atoms with van der Waals surface area (Å²) in [6, 6.07) is 4.20. The maximum Gasteiger partial charge on any atom is 0.325 e. The smallest absolute Gasteiger partial charge is 0.325 e. The third kappa shape index (κ3) is 5.47. The number of carbonyl (C=O) groups is 2. The number of hydrogen-bond acceptors (Lipinski definition) is 5. The molecule has 0 heterocycles. The van der Waals surface area contributed by atoms with E-state index in [2.05, 4.69) is 10.0 Å². The van der Waals surface area contributed by atoms with Crippen molar-refractivity contribution in [1.29, 1.82) is 0 Å². The van der Waals surface area contributed by atoms with Crippen LogP contribution in [-0.2, 0) is 19.6 Å². The zero-order valence-electron chi connectivity index (χ0n) is 14.3. The van der Waals surface area contributed by atoms with Crippen LogP contribution in [0.4, 0.5) is 5.69 Å². The number of halogens is 1. The number of rotatable bonds is 7. The van der Waals surface area contributed by atoms with Gasteiger partial charge in [0.25, 0.3) is 5.91 Å². The van der Waals surface area contributed by atoms with Crippen molar-refractivity contribution in [3.05, 3.63) is 40.9 Å². The highest BCUT2D eigenvalue weighted by Crippen LogP contribution is 2.27. The maximum absolute atomic E-state index is 12.4. The Morgan fingerprint density at radius 3 is 2.73 bits per heavy atom. The summed E-state index contributed by atoms with van der Waals surface area (Å²) in [6.45, 7) is 1.64. The fourth-order valence-electron chi connectivity index (χ4n) is 2.47. The Kier molecular flexibility index (Phi) is 7.05. The average molecular weight is 401 g/mol. The van der Waals surface area contributed by atoms with Crippen molar-refractivity contribution in [2.24, 2.45) is 0 Å². The van der Waals surface area contributed by atoms with Gasteiger partial charge >= 0.3 is 5.97 Å². The molecular weight excluding hydrogens is 380 g/mol. The zero-order valence-corrected chi connectivity index (χ0v) is 15.9. The van der Waals surface area contributed by atoms with E-state index in [1.54, 1.807) is 13.0 Å². The monoisotopic (exact) mass is 400 g/mol. The minimum atomic E-state index is -3.60. The quantitative estimate of drug-likeness (QED) is 0.540. The number of ether oxygens (including phenoxy) is 1. The number of benzene rings is 1. The van der Waals surface area contributed by atoms with E-state index in [9.17, 15) is 18.0 Å². The van der Waals surface area contributed by atoms with Gasteiger partial charge < -0.3 is 10.1 Å². The molecule has 1 unspecified atom stereocenters. The Bertz CT molecular complexity index is 807. The van der Waals surface area contributed by atoms with E-state index in [1.807, 2.05) is 6.08 Å². The topological polar surface area (TPSA) is 102 Å². The molecule has 1 atom stereocenters. The lowest BCUT2D eigenvalue weighted by atomic mass is 10.1. The first-order valence-electron chi connectivity index (χ1n) is 8.25. The van der Waals surface area contributed by atoms with Crippen molar-refractivity contribution < 1.29 is 22.7 Å². The summed E-state index contributed by atoms with van der Waals surface area (Å²) in [4.78, 5) is 23.3. The lowest BCUT2D eigenvalue weighted by Gasteiger charge is -2.19. The highest BCUT2D eigenvalue weighted by atomic mass is 35.5. The molecule has 0 fully saturated rings. The number of nitrogens with one attached hydrogen (secondary N) is 2. The van der Waals surface area contributed by atoms with Crippen molar-refractivity contribution >= 4 is 39.2 Å². The molecule has 7 nitrogen and oxygen atoms in total. The standard InChI is InChI=1S/C17H21ClN2O5S/c1-2-25-16(21)11-19-17(22)12-8-9-15(14(18)10-12)20-26(23,24)13-6-4-3-5-7-13/h4,6,8-10,13,20H,2-3,5,7,11H2,1H3,(H,19,22). The normalized spacial score (nSPS) is 16.8. The van der Waals surface area contributed by atoms with Crippen molar-refractivity contribution in [3.8, 4) is 0 Å². The molecule has 0 aliphatic heterocycles. The van der Waals surface area contributed by atoms with Gasteiger partial charge in [-0.3, -0.25) is 14.3 Å². The van der Waals surface area contributed by atoms with Crippen LogP contribution in [0.2, 0.25) is 5.02 Å². The van der Waals surface area contributed by atoms with Gasteiger partial charge in [0.1, 0.15) is 6.54 Å². The molecule has 0 saturated carbocycles. The summed E-state index contributed by atoms with van der Waals surface area (Å²) >= 11 is 6.11. The minimum absolute atomic E-state index is 0.0946. The van der Waals surface area contributed by atoms with Crippen LogP contribution in [-0.4, -0.2) is 38.7 Å². The number of amides is 1. The van der Waals surface area contributed by atoms with Crippen LogP contribution in [0.5, 0.6) is 0 Å². The molecule has 2 N–H and O–H groups in total. The van der Waals surface area contributed by atoms with Gasteiger partial charge in [-0.2, -0.15) is 0 Å². The van der Waals surface area contributed by atoms with Gasteiger partial charge in [-0.1, -0.05) is 23.8 Å². The molecule has 26 heavy (non-hydrogen) atoms. The van der Waals surface area contributed by atoms with Gasteiger partial charge in [0.15, 0.2) is 0 Å². The Morgan fingerprint density at radius 1 is 1.35 bits per heavy atom. The van der Waals surface area contributed by atoms with Crippen LogP contribution in [0, 0.1) is 0 Å². The lowest BCUT2D eigenvalue weighted by Crippen LogP contribution is -2.30. The van der Waals surface area contributed by atoms with E-state index in [4.69, 9.17) is 16.3 Å². The molecule has 9 heteroatoms. The molecule has 1 aromatic carbocycles. The molecule has 1 aliphatic rings. The van der Waals surface area contributed by atoms with Gasteiger partial charge in [0.05, 0.1) is 22.6 Å². The first-order valence-corrected chi connectivity index (χ1v) is 10.2. The summed E-state index contributed by atoms with van der Waals surface area (Å²) in [6.07, 6.45) is 5.78. The van der Waals surface area contributed by atoms with Crippen molar-refractivity contribution in [2.45, 2.75) is 31.4 Å². The number of sulfonamides is 1. The summed E-state index contributed by atoms with van der Waals surface area (Å²) in [5.74, 6) is -1.05. The van der Waals surface area contributed by atoms with Crippen molar-refractivity contribution in [1.82, 2.24) is 5.32 Å². The highest BCUT2D eigenvalue weighted by molar-refractivity contribution is 7.93. The number of esters is 1. The van der Waals surface area contributed by atoms with Crippen LogP contribution < -0.4 is 10.0 Å². The van der Waals surface area contributed by atoms with Gasteiger partial charge in [-0.25, -0.2) is 8.42 Å². The van der Waals surface area contributed by atoms with Crippen LogP contribution >= 0.6 is 11.6 Å². The van der Waals surface area contributed by atoms with E-state index in [1.165, 1.54) is 18.2 Å². The van der Waals surface area contributed by atoms with E-state index in [0.29, 0.717) is 6.42 Å². The second kappa shape index (κ2) is 9.05. The molecule has 1 aromatic rings. The first-order chi connectivity index (χ1) is 12.3. The Labute approximate surface area is 157 Å². The van der Waals surface area contributed by atoms with E-state index >= 15 is 0 Å². The predicted molar refractivity (Wildman–Crippen MR) is 99.7 cm³/mol. The molecule has 0 bridgehead atoms. The van der Waals surface area contributed by atoms with Gasteiger partial charge in [-0.05, 0) is 44.4 Å². The lowest BCUT2D eigenvalue weighted by molar-refractivity contribution is -0.141. The molecule has 1 aliphatic carbocycles. The van der Waals surface area contributed by atoms with Gasteiger partial charge in [0.2, 0.25) is 10.0 Å². The fourth-order valence-corrected chi connectivity index (χ4v) is 4.19. The third-order valence-electron chi connectivity index (χ3n) is 3.79. The van der Waals surface area contributed by atoms with E-state index < -0.39 is 27.1 Å². The first kappa shape index (κ1) is 20.3.